The number of hydrogen-bond donors (Lipinski definition) is 0. The van der Waals surface area contributed by atoms with E-state index in [-0.39, 0.29) is 30.0 Å². The lowest BCUT2D eigenvalue weighted by Crippen LogP contribution is -2.48. The lowest BCUT2D eigenvalue weighted by atomic mass is 9.96. The number of carbonyl (C=O) groups is 3. The number of Topliss-reactive ketones (excluding diaryl/α,β-unsaturated/α-hetero) is 1. The first kappa shape index (κ1) is 19.1. The summed E-state index contributed by atoms with van der Waals surface area (Å²) in [5.74, 6) is -0.496. The molecule has 26 heavy (non-hydrogen) atoms. The number of carbonyl (C=O) groups excluding carboxylic acids is 3. The fraction of sp³-hybridized carbons (Fsp3) is 0.500. The van der Waals surface area contributed by atoms with Gasteiger partial charge in [-0.05, 0) is 32.1 Å². The molecule has 0 fully saturated rings. The van der Waals surface area contributed by atoms with Crippen LogP contribution in [0.4, 0.5) is 0 Å². The number of rotatable bonds is 5. The summed E-state index contributed by atoms with van der Waals surface area (Å²) in [5, 5.41) is -0.453. The van der Waals surface area contributed by atoms with Crippen LogP contribution in [0.3, 0.4) is 0 Å². The quantitative estimate of drug-likeness (QED) is 0.520. The van der Waals surface area contributed by atoms with Gasteiger partial charge in [-0.3, -0.25) is 9.59 Å². The Bertz CT molecular complexity index is 768. The summed E-state index contributed by atoms with van der Waals surface area (Å²) >= 11 is 2.87. The third-order valence-electron chi connectivity index (χ3n) is 4.41. The summed E-state index contributed by atoms with van der Waals surface area (Å²) in [7, 11) is 1.37. The van der Waals surface area contributed by atoms with E-state index in [1.807, 2.05) is 24.8 Å². The zero-order valence-corrected chi connectivity index (χ0v) is 16.8. The number of esters is 2. The third kappa shape index (κ3) is 2.99. The Morgan fingerprint density at radius 2 is 2.12 bits per heavy atom. The van der Waals surface area contributed by atoms with Crippen molar-refractivity contribution < 1.29 is 23.9 Å². The molecule has 140 valence electrons. The van der Waals surface area contributed by atoms with E-state index in [0.717, 1.165) is 15.6 Å². The van der Waals surface area contributed by atoms with E-state index in [0.29, 0.717) is 17.8 Å². The van der Waals surface area contributed by atoms with Crippen LogP contribution in [0.15, 0.2) is 32.9 Å². The van der Waals surface area contributed by atoms with Crippen LogP contribution in [-0.4, -0.2) is 53.4 Å². The molecule has 3 heterocycles. The van der Waals surface area contributed by atoms with Gasteiger partial charge in [0.15, 0.2) is 0 Å². The molecule has 0 aromatic carbocycles. The molecule has 3 rings (SSSR count). The van der Waals surface area contributed by atoms with Gasteiger partial charge in [-0.15, -0.1) is 11.8 Å². The minimum atomic E-state index is -0.612. The Hall–Kier alpha value is -1.67. The maximum Gasteiger partial charge on any atom is 0.344 e. The zero-order chi connectivity index (χ0) is 19.0. The first-order valence-electron chi connectivity index (χ1n) is 8.48. The molecule has 0 unspecified atom stereocenters. The molecule has 0 spiro atoms. The molecule has 0 aromatic heterocycles. The number of ketones is 1. The van der Waals surface area contributed by atoms with Crippen LogP contribution in [0.2, 0.25) is 0 Å². The highest BCUT2D eigenvalue weighted by molar-refractivity contribution is 8.22. The van der Waals surface area contributed by atoms with Crippen LogP contribution in [-0.2, 0) is 23.9 Å². The van der Waals surface area contributed by atoms with Gasteiger partial charge in [-0.1, -0.05) is 24.3 Å². The Labute approximate surface area is 161 Å². The van der Waals surface area contributed by atoms with Crippen LogP contribution >= 0.6 is 23.5 Å². The average molecular weight is 396 g/mol. The summed E-state index contributed by atoms with van der Waals surface area (Å²) in [6, 6.07) is -0.250. The summed E-state index contributed by atoms with van der Waals surface area (Å²) in [6.45, 7) is 5.83. The molecular formula is C18H21NO5S2. The van der Waals surface area contributed by atoms with Crippen molar-refractivity contribution in [3.8, 4) is 0 Å². The maximum atomic E-state index is 13.1. The van der Waals surface area contributed by atoms with E-state index in [1.165, 1.54) is 30.6 Å². The second kappa shape index (κ2) is 7.52. The molecule has 0 bridgehead atoms. The van der Waals surface area contributed by atoms with Crippen LogP contribution in [0.1, 0.15) is 27.2 Å². The van der Waals surface area contributed by atoms with Crippen molar-refractivity contribution in [1.29, 1.82) is 0 Å². The van der Waals surface area contributed by atoms with E-state index in [2.05, 4.69) is 0 Å². The summed E-state index contributed by atoms with van der Waals surface area (Å²) in [6.07, 6.45) is 2.49. The minimum Gasteiger partial charge on any atom is -0.468 e. The molecule has 3 aliphatic rings. The zero-order valence-electron chi connectivity index (χ0n) is 15.2. The molecule has 0 aliphatic carbocycles. The molecule has 0 saturated carbocycles. The van der Waals surface area contributed by atoms with E-state index >= 15 is 0 Å². The molecule has 0 saturated heterocycles. The predicted octanol–water partition coefficient (Wildman–Crippen LogP) is 2.62. The van der Waals surface area contributed by atoms with Gasteiger partial charge in [0.25, 0.3) is 0 Å². The third-order valence-corrected chi connectivity index (χ3v) is 6.96. The Morgan fingerprint density at radius 3 is 2.73 bits per heavy atom. The second-order valence-corrected chi connectivity index (χ2v) is 8.76. The highest BCUT2D eigenvalue weighted by Gasteiger charge is 2.52. The lowest BCUT2D eigenvalue weighted by Gasteiger charge is -2.42. The molecule has 0 radical (unpaired) electrons. The monoisotopic (exact) mass is 395 g/mol. The van der Waals surface area contributed by atoms with Gasteiger partial charge < -0.3 is 14.4 Å². The van der Waals surface area contributed by atoms with Gasteiger partial charge in [-0.2, -0.15) is 0 Å². The lowest BCUT2D eigenvalue weighted by molar-refractivity contribution is -0.141. The van der Waals surface area contributed by atoms with Crippen molar-refractivity contribution >= 4 is 41.2 Å². The highest BCUT2D eigenvalue weighted by atomic mass is 32.2. The number of thioether (sulfide) groups is 2. The second-order valence-electron chi connectivity index (χ2n) is 6.07. The smallest absolute Gasteiger partial charge is 0.344 e. The van der Waals surface area contributed by atoms with E-state index in [4.69, 9.17) is 9.47 Å². The van der Waals surface area contributed by atoms with Crippen molar-refractivity contribution in [3.63, 3.8) is 0 Å². The fourth-order valence-corrected chi connectivity index (χ4v) is 6.05. The summed E-state index contributed by atoms with van der Waals surface area (Å²) < 4.78 is 10.9. The van der Waals surface area contributed by atoms with Crippen molar-refractivity contribution in [2.75, 3.05) is 19.5 Å². The molecule has 2 atom stereocenters. The molecule has 3 aliphatic heterocycles. The molecule has 6 nitrogen and oxygen atoms in total. The standard InChI is InChI=1S/C18H21NO5S2/c1-5-24-16(21)12-10-7-9(3)8-11-15(17(22)23-4)26-18(25-6-2)13(14(12)20)19(10)11/h7,11,15H,5-6,8H2,1-4H3/t11-,15-/m0/s1. The van der Waals surface area contributed by atoms with Crippen molar-refractivity contribution in [2.24, 2.45) is 0 Å². The van der Waals surface area contributed by atoms with E-state index in [1.54, 1.807) is 6.92 Å². The van der Waals surface area contributed by atoms with Gasteiger partial charge >= 0.3 is 11.9 Å². The van der Waals surface area contributed by atoms with Gasteiger partial charge in [0, 0.05) is 0 Å². The number of hydrogen-bond acceptors (Lipinski definition) is 8. The Balaban J connectivity index is 2.18. The molecule has 0 amide bonds. The molecule has 0 N–H and O–H groups in total. The van der Waals surface area contributed by atoms with Gasteiger partial charge in [-0.25, -0.2) is 4.79 Å². The minimum absolute atomic E-state index is 0.0613. The molecular weight excluding hydrogens is 374 g/mol. The van der Waals surface area contributed by atoms with Crippen LogP contribution < -0.4 is 0 Å². The van der Waals surface area contributed by atoms with Gasteiger partial charge in [0.2, 0.25) is 5.78 Å². The fourth-order valence-electron chi connectivity index (χ4n) is 3.42. The van der Waals surface area contributed by atoms with E-state index < -0.39 is 11.2 Å². The SMILES string of the molecule is CCOC(=O)C1=C2C=C(C)C[C@H]3[C@@H](C(=O)OC)SC(SCC)=C(C1=O)N23. The number of ether oxygens (including phenoxy) is 2. The predicted molar refractivity (Wildman–Crippen MR) is 101 cm³/mol. The summed E-state index contributed by atoms with van der Waals surface area (Å²) in [5.41, 5.74) is 2.11. The van der Waals surface area contributed by atoms with E-state index in [9.17, 15) is 14.4 Å². The Morgan fingerprint density at radius 1 is 1.38 bits per heavy atom. The van der Waals surface area contributed by atoms with Crippen molar-refractivity contribution in [3.05, 3.63) is 32.9 Å². The number of methoxy groups -OCH3 is 1. The first-order valence-corrected chi connectivity index (χ1v) is 10.3. The first-order chi connectivity index (χ1) is 12.4. The van der Waals surface area contributed by atoms with Gasteiger partial charge in [0.1, 0.15) is 16.5 Å². The van der Waals surface area contributed by atoms with Crippen molar-refractivity contribution in [2.45, 2.75) is 38.5 Å². The van der Waals surface area contributed by atoms with Crippen LogP contribution in [0, 0.1) is 0 Å². The van der Waals surface area contributed by atoms with Crippen molar-refractivity contribution in [1.82, 2.24) is 4.90 Å². The topological polar surface area (TPSA) is 72.9 Å². The molecule has 0 aromatic rings. The summed E-state index contributed by atoms with van der Waals surface area (Å²) in [4.78, 5) is 39.8. The maximum absolute atomic E-state index is 13.1. The average Bonchev–Trinajstić information content (AvgIpc) is 2.90. The molecule has 8 heteroatoms. The van der Waals surface area contributed by atoms with Crippen LogP contribution in [0.5, 0.6) is 0 Å². The largest absolute Gasteiger partial charge is 0.468 e. The number of allylic oxidation sites excluding steroid dienone is 2. The number of nitrogens with zero attached hydrogens (tertiary/aromatic N) is 1. The van der Waals surface area contributed by atoms with Gasteiger partial charge in [0.05, 0.1) is 29.7 Å². The normalized spacial score (nSPS) is 24.5. The Kier molecular flexibility index (Phi) is 5.53. The highest BCUT2D eigenvalue weighted by Crippen LogP contribution is 2.51. The van der Waals surface area contributed by atoms with Crippen LogP contribution in [0.25, 0.3) is 0 Å².